The number of likely N-dealkylation sites (tertiary alicyclic amines) is 1. The summed E-state index contributed by atoms with van der Waals surface area (Å²) in [5.74, 6) is 1.48. The molecule has 37 heavy (non-hydrogen) atoms. The minimum Gasteiger partial charge on any atom is -0.490 e. The van der Waals surface area contributed by atoms with Gasteiger partial charge in [-0.3, -0.25) is 14.6 Å². The van der Waals surface area contributed by atoms with Gasteiger partial charge in [0.2, 0.25) is 0 Å². The number of hydrogen-bond donors (Lipinski definition) is 2. The number of benzene rings is 1. The van der Waals surface area contributed by atoms with Crippen molar-refractivity contribution in [1.29, 1.82) is 5.26 Å². The summed E-state index contributed by atoms with van der Waals surface area (Å²) in [4.78, 5) is 12.0. The van der Waals surface area contributed by atoms with E-state index in [1.807, 2.05) is 41.8 Å². The largest absolute Gasteiger partial charge is 0.490 e. The van der Waals surface area contributed by atoms with Crippen LogP contribution >= 0.6 is 0 Å². The van der Waals surface area contributed by atoms with Crippen molar-refractivity contribution in [1.82, 2.24) is 29.6 Å². The number of rotatable bonds is 7. The number of nitrogens with one attached hydrogen (secondary N) is 1. The lowest BCUT2D eigenvalue weighted by Gasteiger charge is -2.41. The van der Waals surface area contributed by atoms with Crippen molar-refractivity contribution in [2.45, 2.75) is 38.3 Å². The zero-order valence-electron chi connectivity index (χ0n) is 20.7. The number of nitriles is 1. The maximum absolute atomic E-state index is 9.60. The summed E-state index contributed by atoms with van der Waals surface area (Å²) in [6.45, 7) is 5.60. The topological polar surface area (TPSA) is 125 Å². The Morgan fingerprint density at radius 1 is 1.22 bits per heavy atom. The highest BCUT2D eigenvalue weighted by Crippen LogP contribution is 2.30. The third kappa shape index (κ3) is 4.46. The van der Waals surface area contributed by atoms with E-state index in [1.54, 1.807) is 6.33 Å². The molecule has 0 saturated carbocycles. The van der Waals surface area contributed by atoms with Crippen LogP contribution in [0.3, 0.4) is 0 Å². The molecule has 2 saturated heterocycles. The van der Waals surface area contributed by atoms with Crippen molar-refractivity contribution in [3.8, 4) is 28.9 Å². The number of imidazole rings is 1. The van der Waals surface area contributed by atoms with Gasteiger partial charge in [0.15, 0.2) is 5.69 Å². The van der Waals surface area contributed by atoms with Gasteiger partial charge in [-0.1, -0.05) is 6.07 Å². The minimum absolute atomic E-state index is 0.0190. The molecule has 10 nitrogen and oxygen atoms in total. The van der Waals surface area contributed by atoms with Crippen molar-refractivity contribution < 1.29 is 14.6 Å². The van der Waals surface area contributed by atoms with Crippen molar-refractivity contribution in [3.63, 3.8) is 0 Å². The second-order valence-electron chi connectivity index (χ2n) is 9.64. The Labute approximate surface area is 214 Å². The van der Waals surface area contributed by atoms with Crippen LogP contribution in [0, 0.1) is 18.3 Å². The number of pyridine rings is 1. The molecule has 0 spiro atoms. The Hall–Kier alpha value is -3.78. The molecule has 0 radical (unpaired) electrons. The average Bonchev–Trinajstić information content (AvgIpc) is 3.47. The van der Waals surface area contributed by atoms with Crippen LogP contribution < -0.4 is 4.74 Å². The summed E-state index contributed by atoms with van der Waals surface area (Å²) in [7, 11) is 0. The van der Waals surface area contributed by atoms with Gasteiger partial charge in [-0.05, 0) is 49.9 Å². The highest BCUT2D eigenvalue weighted by Gasteiger charge is 2.30. The van der Waals surface area contributed by atoms with Crippen LogP contribution in [0.2, 0.25) is 0 Å². The fourth-order valence-electron chi connectivity index (χ4n) is 5.18. The van der Waals surface area contributed by atoms with Gasteiger partial charge < -0.3 is 14.6 Å². The summed E-state index contributed by atoms with van der Waals surface area (Å²) in [5, 5.41) is 26.2. The number of aliphatic hydroxyl groups excluding tert-OH is 1. The number of nitrogens with zero attached hydrogens (tertiary/aromatic N) is 6. The highest BCUT2D eigenvalue weighted by molar-refractivity contribution is 5.79. The Morgan fingerprint density at radius 2 is 2.05 bits per heavy atom. The van der Waals surface area contributed by atoms with Gasteiger partial charge in [-0.25, -0.2) is 9.97 Å². The first-order chi connectivity index (χ1) is 18.1. The molecular formula is C27H29N7O3. The summed E-state index contributed by atoms with van der Waals surface area (Å²) < 4.78 is 13.7. The molecule has 5 heterocycles. The van der Waals surface area contributed by atoms with E-state index in [0.29, 0.717) is 29.5 Å². The van der Waals surface area contributed by atoms with E-state index in [4.69, 9.17) is 14.5 Å². The second kappa shape index (κ2) is 9.94. The zero-order valence-corrected chi connectivity index (χ0v) is 20.7. The van der Waals surface area contributed by atoms with E-state index in [1.165, 1.54) is 0 Å². The Balaban J connectivity index is 1.30. The minimum atomic E-state index is -0.0190. The molecule has 2 N–H and O–H groups in total. The molecule has 1 aromatic carbocycles. The van der Waals surface area contributed by atoms with E-state index < -0.39 is 0 Å². The number of H-pyrrole nitrogens is 1. The fourth-order valence-corrected chi connectivity index (χ4v) is 5.18. The van der Waals surface area contributed by atoms with Crippen molar-refractivity contribution in [3.05, 3.63) is 53.6 Å². The summed E-state index contributed by atoms with van der Waals surface area (Å²) in [6.07, 6.45) is 4.35. The first kappa shape index (κ1) is 23.6. The highest BCUT2D eigenvalue weighted by atomic mass is 16.5. The van der Waals surface area contributed by atoms with Crippen LogP contribution in [0.5, 0.6) is 5.75 Å². The number of piperidine rings is 1. The van der Waals surface area contributed by atoms with Crippen LogP contribution in [-0.4, -0.2) is 79.8 Å². The van der Waals surface area contributed by atoms with E-state index >= 15 is 0 Å². The standard InChI is InChI=1S/C27H29N7O3/c1-17-26(23(13-28)32-31-17)27-18(8-11-35)2-5-25(30-27)34-16-29-22-4-3-21(12-24(22)34)37-20-6-9-33(10-7-20)19-14-36-15-19/h2-5,12,16,19-20,35H,6-11,14-15H2,1H3,(H,31,32). The van der Waals surface area contributed by atoms with Crippen LogP contribution in [0.4, 0.5) is 0 Å². The monoisotopic (exact) mass is 499 g/mol. The lowest BCUT2D eigenvalue weighted by molar-refractivity contribution is -0.0778. The lowest BCUT2D eigenvalue weighted by Crippen LogP contribution is -2.52. The van der Waals surface area contributed by atoms with E-state index in [2.05, 4.69) is 26.2 Å². The number of ether oxygens (including phenoxy) is 2. The maximum atomic E-state index is 9.60. The van der Waals surface area contributed by atoms with Gasteiger partial charge in [0.05, 0.1) is 41.5 Å². The second-order valence-corrected chi connectivity index (χ2v) is 9.64. The number of aliphatic hydroxyl groups is 1. The van der Waals surface area contributed by atoms with Crippen LogP contribution in [-0.2, 0) is 11.2 Å². The molecule has 6 rings (SSSR count). The van der Waals surface area contributed by atoms with Gasteiger partial charge in [0, 0.05) is 31.5 Å². The van der Waals surface area contributed by atoms with E-state index in [9.17, 15) is 10.4 Å². The van der Waals surface area contributed by atoms with Crippen molar-refractivity contribution in [2.75, 3.05) is 32.9 Å². The molecular weight excluding hydrogens is 470 g/mol. The Morgan fingerprint density at radius 3 is 2.78 bits per heavy atom. The van der Waals surface area contributed by atoms with Crippen LogP contribution in [0.15, 0.2) is 36.7 Å². The first-order valence-electron chi connectivity index (χ1n) is 12.7. The van der Waals surface area contributed by atoms with Crippen LogP contribution in [0.1, 0.15) is 29.8 Å². The molecule has 2 fully saturated rings. The quantitative estimate of drug-likeness (QED) is 0.398. The Kier molecular flexibility index (Phi) is 6.34. The molecule has 4 aromatic rings. The van der Waals surface area contributed by atoms with E-state index in [-0.39, 0.29) is 18.4 Å². The van der Waals surface area contributed by atoms with Crippen LogP contribution in [0.25, 0.3) is 28.1 Å². The van der Waals surface area contributed by atoms with Gasteiger partial charge in [-0.2, -0.15) is 10.4 Å². The number of aryl methyl sites for hydroxylation is 1. The molecule has 0 amide bonds. The third-order valence-corrected chi connectivity index (χ3v) is 7.32. The number of hydrogen-bond acceptors (Lipinski definition) is 8. The molecule has 2 aliphatic heterocycles. The summed E-state index contributed by atoms with van der Waals surface area (Å²) >= 11 is 0. The number of aromatic nitrogens is 5. The fraction of sp³-hybridized carbons (Fsp3) is 0.407. The third-order valence-electron chi connectivity index (χ3n) is 7.32. The molecule has 0 atom stereocenters. The van der Waals surface area contributed by atoms with Gasteiger partial charge >= 0.3 is 0 Å². The van der Waals surface area contributed by atoms with Crippen molar-refractivity contribution in [2.24, 2.45) is 0 Å². The molecule has 190 valence electrons. The first-order valence-corrected chi connectivity index (χ1v) is 12.7. The number of fused-ring (bicyclic) bond motifs is 1. The Bertz CT molecular complexity index is 1460. The maximum Gasteiger partial charge on any atom is 0.171 e. The summed E-state index contributed by atoms with van der Waals surface area (Å²) in [6, 6.07) is 12.5. The predicted octanol–water partition coefficient (Wildman–Crippen LogP) is 2.77. The molecule has 2 aliphatic rings. The zero-order chi connectivity index (χ0) is 25.4. The van der Waals surface area contributed by atoms with Gasteiger partial charge in [0.1, 0.15) is 30.1 Å². The average molecular weight is 500 g/mol. The normalized spacial score (nSPS) is 17.1. The molecule has 0 aliphatic carbocycles. The smallest absolute Gasteiger partial charge is 0.171 e. The summed E-state index contributed by atoms with van der Waals surface area (Å²) in [5.41, 5.74) is 4.89. The predicted molar refractivity (Wildman–Crippen MR) is 137 cm³/mol. The SMILES string of the molecule is Cc1[nH]nc(C#N)c1-c1nc(-n2cnc3ccc(OC4CCN(C5COC5)CC4)cc32)ccc1CCO. The number of aromatic amines is 1. The van der Waals surface area contributed by atoms with Gasteiger partial charge in [-0.15, -0.1) is 0 Å². The molecule has 0 bridgehead atoms. The van der Waals surface area contributed by atoms with Crippen molar-refractivity contribution >= 4 is 11.0 Å². The molecule has 0 unspecified atom stereocenters. The molecule has 10 heteroatoms. The van der Waals surface area contributed by atoms with E-state index in [0.717, 1.165) is 67.2 Å². The lowest BCUT2D eigenvalue weighted by atomic mass is 10.0. The molecule has 3 aromatic heterocycles. The van der Waals surface area contributed by atoms with Gasteiger partial charge in [0.25, 0.3) is 0 Å².